The van der Waals surface area contributed by atoms with Crippen LogP contribution < -0.4 is 0 Å². The van der Waals surface area contributed by atoms with Crippen molar-refractivity contribution in [2.45, 2.75) is 56.1 Å². The van der Waals surface area contributed by atoms with Crippen LogP contribution >= 0.6 is 11.6 Å². The molecule has 1 saturated carbocycles. The molecule has 0 spiro atoms. The third kappa shape index (κ3) is 4.59. The van der Waals surface area contributed by atoms with Crippen LogP contribution in [0.1, 0.15) is 53.6 Å². The molecule has 2 N–H and O–H groups in total. The molecule has 1 saturated heterocycles. The van der Waals surface area contributed by atoms with Crippen molar-refractivity contribution >= 4 is 23.5 Å². The van der Waals surface area contributed by atoms with Crippen molar-refractivity contribution in [2.24, 2.45) is 0 Å². The quantitative estimate of drug-likeness (QED) is 0.572. The zero-order chi connectivity index (χ0) is 22.7. The van der Waals surface area contributed by atoms with Crippen LogP contribution in [-0.2, 0) is 16.6 Å². The molecule has 168 valence electrons. The minimum atomic E-state index is -0.946. The van der Waals surface area contributed by atoms with Crippen molar-refractivity contribution in [2.75, 3.05) is 6.54 Å². The summed E-state index contributed by atoms with van der Waals surface area (Å²) in [5.74, 6) is -0.829. The molecule has 0 bridgehead atoms. The highest BCUT2D eigenvalue weighted by Gasteiger charge is 2.44. The van der Waals surface area contributed by atoms with Crippen molar-refractivity contribution in [1.29, 1.82) is 0 Å². The molecule has 5 nitrogen and oxygen atoms in total. The number of carboxylic acid groups (broad SMARTS) is 1. The van der Waals surface area contributed by atoms with Gasteiger partial charge in [-0.2, -0.15) is 0 Å². The average Bonchev–Trinajstić information content (AvgIpc) is 3.11. The lowest BCUT2D eigenvalue weighted by atomic mass is 9.61. The zero-order valence-corrected chi connectivity index (χ0v) is 18.7. The molecule has 32 heavy (non-hydrogen) atoms. The number of carbonyl (C=O) groups is 2. The molecule has 1 aliphatic carbocycles. The van der Waals surface area contributed by atoms with Gasteiger partial charge in [-0.3, -0.25) is 4.79 Å². The van der Waals surface area contributed by atoms with Crippen LogP contribution in [0, 0.1) is 0 Å². The Balaban J connectivity index is 1.41. The first-order valence-corrected chi connectivity index (χ1v) is 11.5. The molecule has 2 atom stereocenters. The van der Waals surface area contributed by atoms with Gasteiger partial charge in [0.25, 0.3) is 0 Å². The van der Waals surface area contributed by atoms with Crippen LogP contribution in [0.15, 0.2) is 60.7 Å². The Morgan fingerprint density at radius 2 is 1.84 bits per heavy atom. The number of hydrogen-bond acceptors (Lipinski definition) is 3. The van der Waals surface area contributed by atoms with E-state index in [1.807, 2.05) is 41.3 Å². The normalized spacial score (nSPS) is 21.0. The number of halogens is 1. The molecule has 1 aliphatic heterocycles. The number of aliphatic hydroxyl groups excluding tert-OH is 1. The molecule has 6 heteroatoms. The molecule has 0 radical (unpaired) electrons. The first kappa shape index (κ1) is 22.6. The fourth-order valence-corrected chi connectivity index (χ4v) is 4.95. The Labute approximate surface area is 193 Å². The van der Waals surface area contributed by atoms with Crippen LogP contribution in [0.5, 0.6) is 0 Å². The van der Waals surface area contributed by atoms with E-state index in [0.717, 1.165) is 36.8 Å². The molecule has 2 aliphatic rings. The van der Waals surface area contributed by atoms with Gasteiger partial charge in [-0.05, 0) is 61.1 Å². The second kappa shape index (κ2) is 9.47. The zero-order valence-electron chi connectivity index (χ0n) is 17.9. The van der Waals surface area contributed by atoms with Gasteiger partial charge in [-0.1, -0.05) is 54.4 Å². The summed E-state index contributed by atoms with van der Waals surface area (Å²) in [5.41, 5.74) is 2.08. The van der Waals surface area contributed by atoms with E-state index in [9.17, 15) is 14.7 Å². The molecular weight excluding hydrogens is 426 g/mol. The molecule has 0 unspecified atom stereocenters. The highest BCUT2D eigenvalue weighted by molar-refractivity contribution is 6.30. The highest BCUT2D eigenvalue weighted by Crippen LogP contribution is 2.47. The number of rotatable bonds is 8. The highest BCUT2D eigenvalue weighted by atomic mass is 35.5. The van der Waals surface area contributed by atoms with Gasteiger partial charge in [0.1, 0.15) is 0 Å². The maximum Gasteiger partial charge on any atom is 0.335 e. The smallest absolute Gasteiger partial charge is 0.335 e. The number of carbonyl (C=O) groups excluding carboxylic acids is 1. The van der Waals surface area contributed by atoms with E-state index in [0.29, 0.717) is 24.4 Å². The summed E-state index contributed by atoms with van der Waals surface area (Å²) in [6.07, 6.45) is 8.10. The first-order chi connectivity index (χ1) is 15.4. The number of aromatic carboxylic acids is 1. The fourth-order valence-electron chi connectivity index (χ4n) is 4.82. The Bertz CT molecular complexity index is 995. The monoisotopic (exact) mass is 453 g/mol. The van der Waals surface area contributed by atoms with Crippen molar-refractivity contribution in [3.8, 4) is 0 Å². The summed E-state index contributed by atoms with van der Waals surface area (Å²) in [6, 6.07) is 14.5. The summed E-state index contributed by atoms with van der Waals surface area (Å²) >= 11 is 6.03. The van der Waals surface area contributed by atoms with Gasteiger partial charge in [-0.25, -0.2) is 4.79 Å². The summed E-state index contributed by atoms with van der Waals surface area (Å²) in [5, 5.41) is 20.8. The van der Waals surface area contributed by atoms with Gasteiger partial charge in [0.2, 0.25) is 5.91 Å². The second-order valence-electron chi connectivity index (χ2n) is 8.79. The summed E-state index contributed by atoms with van der Waals surface area (Å²) in [7, 11) is 0. The number of hydrogen-bond donors (Lipinski definition) is 2. The van der Waals surface area contributed by atoms with E-state index in [1.54, 1.807) is 24.3 Å². The van der Waals surface area contributed by atoms with E-state index in [4.69, 9.17) is 16.7 Å². The summed E-state index contributed by atoms with van der Waals surface area (Å²) < 4.78 is 0. The van der Waals surface area contributed by atoms with Gasteiger partial charge in [-0.15, -0.1) is 0 Å². The molecule has 1 amide bonds. The maximum atomic E-state index is 12.5. The number of likely N-dealkylation sites (tertiary alicyclic amines) is 1. The lowest BCUT2D eigenvalue weighted by Gasteiger charge is -2.45. The van der Waals surface area contributed by atoms with Crippen LogP contribution in [0.3, 0.4) is 0 Å². The van der Waals surface area contributed by atoms with Gasteiger partial charge < -0.3 is 15.1 Å². The van der Waals surface area contributed by atoms with Gasteiger partial charge >= 0.3 is 5.97 Å². The standard InChI is InChI=1S/C26H28ClNO4/c27-21-8-6-20(7-9-21)26(15-1-16-26)23(29)12-10-22-11-13-24(30)28(22)17-14-18-2-4-19(5-3-18)25(31)32/h2-10,12,22-23,29H,1,11,13-17H2,(H,31,32)/t22-,23+/m0/s1. The number of aliphatic hydroxyl groups is 1. The summed E-state index contributed by atoms with van der Waals surface area (Å²) in [4.78, 5) is 25.3. The predicted molar refractivity (Wildman–Crippen MR) is 124 cm³/mol. The van der Waals surface area contributed by atoms with E-state index < -0.39 is 12.1 Å². The van der Waals surface area contributed by atoms with Crippen molar-refractivity contribution in [3.63, 3.8) is 0 Å². The van der Waals surface area contributed by atoms with Crippen molar-refractivity contribution in [1.82, 2.24) is 4.90 Å². The SMILES string of the molecule is O=C(O)c1ccc(CCN2C(=O)CC[C@@H]2C=C[C@@H](O)C2(c3ccc(Cl)cc3)CCC2)cc1. The van der Waals surface area contributed by atoms with Crippen molar-refractivity contribution < 1.29 is 19.8 Å². The fraction of sp³-hybridized carbons (Fsp3) is 0.385. The maximum absolute atomic E-state index is 12.5. The Hall–Kier alpha value is -2.63. The van der Waals surface area contributed by atoms with Crippen LogP contribution in [-0.4, -0.2) is 45.7 Å². The van der Waals surface area contributed by atoms with Crippen LogP contribution in [0.25, 0.3) is 0 Å². The predicted octanol–water partition coefficient (Wildman–Crippen LogP) is 4.61. The molecule has 1 heterocycles. The van der Waals surface area contributed by atoms with Gasteiger partial charge in [0.15, 0.2) is 0 Å². The number of amides is 1. The van der Waals surface area contributed by atoms with Crippen molar-refractivity contribution in [3.05, 3.63) is 82.4 Å². The van der Waals surface area contributed by atoms with Gasteiger partial charge in [0, 0.05) is 23.4 Å². The number of carboxylic acids is 1. The second-order valence-corrected chi connectivity index (χ2v) is 9.23. The minimum Gasteiger partial charge on any atom is -0.478 e. The van der Waals surface area contributed by atoms with Gasteiger partial charge in [0.05, 0.1) is 17.7 Å². The Morgan fingerprint density at radius 3 is 2.44 bits per heavy atom. The molecular formula is C26H28ClNO4. The number of benzene rings is 2. The average molecular weight is 454 g/mol. The molecule has 0 aromatic heterocycles. The van der Waals surface area contributed by atoms with E-state index >= 15 is 0 Å². The molecule has 4 rings (SSSR count). The minimum absolute atomic E-state index is 0.0298. The molecule has 2 aromatic carbocycles. The topological polar surface area (TPSA) is 77.8 Å². The third-order valence-electron chi connectivity index (χ3n) is 6.96. The third-order valence-corrected chi connectivity index (χ3v) is 7.22. The van der Waals surface area contributed by atoms with Crippen LogP contribution in [0.4, 0.5) is 0 Å². The molecule has 2 aromatic rings. The van der Waals surface area contributed by atoms with Crippen LogP contribution in [0.2, 0.25) is 5.02 Å². The van der Waals surface area contributed by atoms with E-state index in [1.165, 1.54) is 0 Å². The Kier molecular flexibility index (Phi) is 6.68. The van der Waals surface area contributed by atoms with E-state index in [2.05, 4.69) is 0 Å². The molecule has 2 fully saturated rings. The van der Waals surface area contributed by atoms with E-state index in [-0.39, 0.29) is 22.9 Å². The number of nitrogens with zero attached hydrogens (tertiary/aromatic N) is 1. The summed E-state index contributed by atoms with van der Waals surface area (Å²) in [6.45, 7) is 0.568. The lowest BCUT2D eigenvalue weighted by molar-refractivity contribution is -0.128. The largest absolute Gasteiger partial charge is 0.478 e. The first-order valence-electron chi connectivity index (χ1n) is 11.1. The lowest BCUT2D eigenvalue weighted by Crippen LogP contribution is -2.44. The Morgan fingerprint density at radius 1 is 1.16 bits per heavy atom.